The third-order valence-electron chi connectivity index (χ3n) is 4.46. The number of hydrogen-bond acceptors (Lipinski definition) is 4. The lowest BCUT2D eigenvalue weighted by molar-refractivity contribution is -0.342. The molecule has 1 atom stereocenters. The highest BCUT2D eigenvalue weighted by atomic mass is 35.5. The van der Waals surface area contributed by atoms with E-state index in [1.54, 1.807) is 4.90 Å². The molecule has 1 aliphatic heterocycles. The Morgan fingerprint density at radius 3 is 2.56 bits per heavy atom. The minimum atomic E-state index is -0.162. The average Bonchev–Trinajstić information content (AvgIpc) is 2.69. The van der Waals surface area contributed by atoms with E-state index in [4.69, 9.17) is 10.5 Å². The number of rotatable bonds is 5. The van der Waals surface area contributed by atoms with E-state index in [1.165, 1.54) is 5.56 Å². The average molecular weight is 392 g/mol. The molecule has 1 saturated heterocycles. The molecule has 0 saturated carbocycles. The van der Waals surface area contributed by atoms with Crippen LogP contribution in [0.5, 0.6) is 0 Å². The van der Waals surface area contributed by atoms with Gasteiger partial charge in [0.15, 0.2) is 0 Å². The van der Waals surface area contributed by atoms with Crippen LogP contribution in [0.4, 0.5) is 22.1 Å². The number of nitrogens with two attached hydrogens (primary N) is 1. The molecule has 1 unspecified atom stereocenters. The maximum Gasteiger partial charge on any atom is 0.322 e. The number of urea groups is 1. The number of pyridine rings is 1. The van der Waals surface area contributed by atoms with Crippen LogP contribution in [-0.4, -0.2) is 37.2 Å². The third kappa shape index (κ3) is 5.48. The second-order valence-electron chi connectivity index (χ2n) is 6.24. The maximum absolute atomic E-state index is 12.3. The number of nitrogens with one attached hydrogen (secondary N) is 3. The van der Waals surface area contributed by atoms with Gasteiger partial charge in [-0.15, -0.1) is 0 Å². The smallest absolute Gasteiger partial charge is 0.322 e. The number of carbonyl (C=O) groups is 1. The van der Waals surface area contributed by atoms with Crippen molar-refractivity contribution in [2.45, 2.75) is 19.4 Å². The van der Waals surface area contributed by atoms with E-state index in [0.717, 1.165) is 12.2 Å². The van der Waals surface area contributed by atoms with E-state index in [9.17, 15) is 4.79 Å². The molecule has 3 rings (SSSR count). The Hall–Kier alpha value is -2.51. The van der Waals surface area contributed by atoms with Gasteiger partial charge in [0.05, 0.1) is 19.3 Å². The van der Waals surface area contributed by atoms with Gasteiger partial charge in [-0.3, -0.25) is 5.32 Å². The summed E-state index contributed by atoms with van der Waals surface area (Å²) < 4.78 is 5.26. The first-order chi connectivity index (χ1) is 12.7. The lowest BCUT2D eigenvalue weighted by Crippen LogP contribution is -3.00. The Bertz CT molecular complexity index is 738. The van der Waals surface area contributed by atoms with Crippen molar-refractivity contribution in [1.29, 1.82) is 0 Å². The molecule has 27 heavy (non-hydrogen) atoms. The fourth-order valence-corrected chi connectivity index (χ4v) is 2.96. The van der Waals surface area contributed by atoms with Gasteiger partial charge in [0.2, 0.25) is 11.6 Å². The molecule has 8 heteroatoms. The van der Waals surface area contributed by atoms with Crippen LogP contribution in [0.2, 0.25) is 0 Å². The van der Waals surface area contributed by atoms with Gasteiger partial charge in [-0.05, 0) is 18.1 Å². The molecule has 1 aromatic carbocycles. The van der Waals surface area contributed by atoms with Crippen LogP contribution in [-0.2, 0) is 4.74 Å². The molecular formula is C19H26ClN5O2. The highest BCUT2D eigenvalue weighted by Crippen LogP contribution is 2.22. The molecule has 0 bridgehead atoms. The zero-order valence-corrected chi connectivity index (χ0v) is 16.1. The molecule has 2 heterocycles. The van der Waals surface area contributed by atoms with Crippen molar-refractivity contribution in [3.05, 3.63) is 48.0 Å². The number of benzene rings is 1. The van der Waals surface area contributed by atoms with Crippen LogP contribution in [0.15, 0.2) is 42.5 Å². The standard InChI is InChI=1S/C19H25N5O2.ClH/c1-2-15(14-6-4-3-5-7-14)21-17-9-8-16(18(20)23-17)22-19(25)24-10-12-26-13-11-24;/h3-9,15H,2,10-13H2,1H3,(H,22,25)(H3,20,21,23);1H. The van der Waals surface area contributed by atoms with Crippen molar-refractivity contribution in [3.8, 4) is 0 Å². The van der Waals surface area contributed by atoms with Gasteiger partial charge in [0, 0.05) is 19.2 Å². The quantitative estimate of drug-likeness (QED) is 0.641. The number of H-pyrrole nitrogens is 1. The number of hydrogen-bond donors (Lipinski definition) is 3. The minimum absolute atomic E-state index is 0. The van der Waals surface area contributed by atoms with Gasteiger partial charge in [-0.2, -0.15) is 0 Å². The predicted octanol–water partition coefficient (Wildman–Crippen LogP) is -0.486. The molecule has 1 fully saturated rings. The third-order valence-corrected chi connectivity index (χ3v) is 4.46. The Morgan fingerprint density at radius 1 is 1.22 bits per heavy atom. The molecule has 1 aliphatic rings. The fraction of sp³-hybridized carbons (Fsp3) is 0.368. The van der Waals surface area contributed by atoms with Crippen molar-refractivity contribution >= 4 is 23.4 Å². The van der Waals surface area contributed by atoms with Gasteiger partial charge >= 0.3 is 6.03 Å². The number of morpholine rings is 1. The molecule has 0 aliphatic carbocycles. The lowest BCUT2D eigenvalue weighted by Gasteiger charge is -2.26. The van der Waals surface area contributed by atoms with E-state index in [2.05, 4.69) is 34.7 Å². The second kappa shape index (κ2) is 9.99. The first kappa shape index (κ1) is 20.8. The van der Waals surface area contributed by atoms with Crippen LogP contribution in [0.3, 0.4) is 0 Å². The van der Waals surface area contributed by atoms with E-state index < -0.39 is 0 Å². The highest BCUT2D eigenvalue weighted by molar-refractivity contribution is 5.91. The molecule has 2 amide bonds. The largest absolute Gasteiger partial charge is 1.00 e. The van der Waals surface area contributed by atoms with E-state index >= 15 is 0 Å². The van der Waals surface area contributed by atoms with Crippen LogP contribution in [0, 0.1) is 0 Å². The van der Waals surface area contributed by atoms with E-state index in [1.807, 2.05) is 30.3 Å². The van der Waals surface area contributed by atoms with Crippen molar-refractivity contribution in [1.82, 2.24) is 4.90 Å². The Labute approximate surface area is 165 Å². The van der Waals surface area contributed by atoms with Crippen LogP contribution in [0.25, 0.3) is 0 Å². The number of carbonyl (C=O) groups excluding carboxylic acids is 1. The number of amides is 2. The summed E-state index contributed by atoms with van der Waals surface area (Å²) in [6.45, 7) is 4.44. The number of nitrogen functional groups attached to an aromatic ring is 1. The Morgan fingerprint density at radius 2 is 1.93 bits per heavy atom. The summed E-state index contributed by atoms with van der Waals surface area (Å²) in [5.74, 6) is 1.22. The number of anilines is 3. The number of aromatic amines is 1. The van der Waals surface area contributed by atoms with Gasteiger partial charge in [-0.25, -0.2) is 9.78 Å². The van der Waals surface area contributed by atoms with Gasteiger partial charge < -0.3 is 33.1 Å². The molecule has 7 nitrogen and oxygen atoms in total. The Kier molecular flexibility index (Phi) is 7.69. The molecule has 0 spiro atoms. The van der Waals surface area contributed by atoms with Crippen molar-refractivity contribution in [3.63, 3.8) is 0 Å². The van der Waals surface area contributed by atoms with Gasteiger partial charge in [0.25, 0.3) is 0 Å². The summed E-state index contributed by atoms with van der Waals surface area (Å²) >= 11 is 0. The van der Waals surface area contributed by atoms with Crippen molar-refractivity contribution < 1.29 is 26.9 Å². The molecule has 0 radical (unpaired) electrons. The monoisotopic (exact) mass is 391 g/mol. The van der Waals surface area contributed by atoms with Crippen LogP contribution < -0.4 is 33.8 Å². The van der Waals surface area contributed by atoms with Crippen molar-refractivity contribution in [2.75, 3.05) is 42.7 Å². The van der Waals surface area contributed by atoms with E-state index in [0.29, 0.717) is 37.8 Å². The Balaban J connectivity index is 0.00000261. The van der Waals surface area contributed by atoms with E-state index in [-0.39, 0.29) is 24.5 Å². The topological polar surface area (TPSA) is 93.8 Å². The molecule has 2 aromatic rings. The van der Waals surface area contributed by atoms with Gasteiger partial charge in [0.1, 0.15) is 5.69 Å². The molecular weight excluding hydrogens is 366 g/mol. The summed E-state index contributed by atoms with van der Waals surface area (Å²) in [6.07, 6.45) is 0.938. The molecule has 146 valence electrons. The van der Waals surface area contributed by atoms with Gasteiger partial charge in [-0.1, -0.05) is 37.3 Å². The summed E-state index contributed by atoms with van der Waals surface area (Å²) in [6, 6.07) is 14.0. The van der Waals surface area contributed by atoms with Crippen LogP contribution >= 0.6 is 0 Å². The fourth-order valence-electron chi connectivity index (χ4n) is 2.96. The summed E-state index contributed by atoms with van der Waals surface area (Å²) in [5, 5.41) is 6.31. The second-order valence-corrected chi connectivity index (χ2v) is 6.24. The first-order valence-corrected chi connectivity index (χ1v) is 8.94. The highest BCUT2D eigenvalue weighted by Gasteiger charge is 2.19. The lowest BCUT2D eigenvalue weighted by atomic mass is 10.0. The summed E-state index contributed by atoms with van der Waals surface area (Å²) in [5.41, 5.74) is 7.89. The zero-order valence-electron chi connectivity index (χ0n) is 15.4. The number of aromatic nitrogens is 1. The number of nitrogens with zero attached hydrogens (tertiary/aromatic N) is 1. The first-order valence-electron chi connectivity index (χ1n) is 8.94. The SMILES string of the molecule is CCC(Nc1ccc(NC(=O)N2CCOCC2)c(N)[nH+]1)c1ccccc1.[Cl-]. The summed E-state index contributed by atoms with van der Waals surface area (Å²) in [4.78, 5) is 17.1. The van der Waals surface area contributed by atoms with Crippen LogP contribution in [0.1, 0.15) is 24.9 Å². The number of halogens is 1. The predicted molar refractivity (Wildman–Crippen MR) is 102 cm³/mol. The molecule has 5 N–H and O–H groups in total. The molecule has 1 aromatic heterocycles. The summed E-state index contributed by atoms with van der Waals surface area (Å²) in [7, 11) is 0. The number of ether oxygens (including phenoxy) is 1. The zero-order chi connectivity index (χ0) is 18.4. The maximum atomic E-state index is 12.3. The normalized spacial score (nSPS) is 14.8. The minimum Gasteiger partial charge on any atom is -1.00 e. The van der Waals surface area contributed by atoms with Crippen molar-refractivity contribution in [2.24, 2.45) is 0 Å².